The zero-order chi connectivity index (χ0) is 12.7. The van der Waals surface area contributed by atoms with Gasteiger partial charge in [0.2, 0.25) is 0 Å². The van der Waals surface area contributed by atoms with Crippen molar-refractivity contribution in [2.24, 2.45) is 11.7 Å². The normalized spacial score (nSPS) is 14.9. The molecule has 1 rings (SSSR count). The summed E-state index contributed by atoms with van der Waals surface area (Å²) in [6.07, 6.45) is 2.33. The SMILES string of the molecule is CC(C)CCCOC(c1ccccc1)C(C)N. The first kappa shape index (κ1) is 14.2. The maximum Gasteiger partial charge on any atom is 0.0972 e. The van der Waals surface area contributed by atoms with Crippen molar-refractivity contribution < 1.29 is 4.74 Å². The van der Waals surface area contributed by atoms with Crippen LogP contribution in [0.3, 0.4) is 0 Å². The third kappa shape index (κ3) is 5.33. The summed E-state index contributed by atoms with van der Waals surface area (Å²) in [4.78, 5) is 0. The number of nitrogens with two attached hydrogens (primary N) is 1. The van der Waals surface area contributed by atoms with E-state index in [1.54, 1.807) is 0 Å². The molecular formula is C15H25NO. The van der Waals surface area contributed by atoms with Crippen molar-refractivity contribution in [3.63, 3.8) is 0 Å². The fourth-order valence-corrected chi connectivity index (χ4v) is 1.90. The molecule has 0 amide bonds. The van der Waals surface area contributed by atoms with Crippen molar-refractivity contribution in [2.75, 3.05) is 6.61 Å². The van der Waals surface area contributed by atoms with Crippen LogP contribution in [0, 0.1) is 5.92 Å². The average Bonchev–Trinajstić information content (AvgIpc) is 2.29. The largest absolute Gasteiger partial charge is 0.372 e. The van der Waals surface area contributed by atoms with Gasteiger partial charge in [0.25, 0.3) is 0 Å². The first-order valence-corrected chi connectivity index (χ1v) is 6.53. The fraction of sp³-hybridized carbons (Fsp3) is 0.600. The highest BCUT2D eigenvalue weighted by molar-refractivity contribution is 5.18. The number of benzene rings is 1. The minimum atomic E-state index is 0.0170. The second kappa shape index (κ2) is 7.46. The predicted octanol–water partition coefficient (Wildman–Crippen LogP) is 3.53. The highest BCUT2D eigenvalue weighted by atomic mass is 16.5. The summed E-state index contributed by atoms with van der Waals surface area (Å²) in [7, 11) is 0. The molecule has 0 saturated heterocycles. The Balaban J connectivity index is 2.45. The van der Waals surface area contributed by atoms with Crippen LogP contribution in [0.4, 0.5) is 0 Å². The molecule has 0 aliphatic rings. The van der Waals surface area contributed by atoms with Crippen molar-refractivity contribution in [2.45, 2.75) is 45.8 Å². The number of rotatable bonds is 7. The van der Waals surface area contributed by atoms with Crippen molar-refractivity contribution in [1.29, 1.82) is 0 Å². The Morgan fingerprint density at radius 3 is 2.29 bits per heavy atom. The molecule has 2 nitrogen and oxygen atoms in total. The highest BCUT2D eigenvalue weighted by Gasteiger charge is 2.16. The van der Waals surface area contributed by atoms with Gasteiger partial charge in [-0.1, -0.05) is 44.2 Å². The molecule has 0 bridgehead atoms. The highest BCUT2D eigenvalue weighted by Crippen LogP contribution is 2.20. The second-order valence-electron chi connectivity index (χ2n) is 5.10. The summed E-state index contributed by atoms with van der Waals surface area (Å²) in [5.41, 5.74) is 7.16. The maximum atomic E-state index is 5.99. The molecule has 2 unspecified atom stereocenters. The van der Waals surface area contributed by atoms with E-state index in [-0.39, 0.29) is 12.1 Å². The van der Waals surface area contributed by atoms with Crippen LogP contribution in [-0.4, -0.2) is 12.6 Å². The van der Waals surface area contributed by atoms with Gasteiger partial charge in [0.15, 0.2) is 0 Å². The van der Waals surface area contributed by atoms with Crippen LogP contribution in [0.2, 0.25) is 0 Å². The molecule has 0 aromatic heterocycles. The van der Waals surface area contributed by atoms with E-state index >= 15 is 0 Å². The molecule has 0 radical (unpaired) electrons. The third-order valence-electron chi connectivity index (χ3n) is 2.83. The van der Waals surface area contributed by atoms with Gasteiger partial charge in [-0.25, -0.2) is 0 Å². The van der Waals surface area contributed by atoms with Gasteiger partial charge >= 0.3 is 0 Å². The van der Waals surface area contributed by atoms with Gasteiger partial charge in [-0.2, -0.15) is 0 Å². The summed E-state index contributed by atoms with van der Waals surface area (Å²) < 4.78 is 5.92. The molecule has 0 aliphatic carbocycles. The lowest BCUT2D eigenvalue weighted by Crippen LogP contribution is -2.27. The Labute approximate surface area is 105 Å². The number of hydrogen-bond donors (Lipinski definition) is 1. The van der Waals surface area contributed by atoms with E-state index in [0.29, 0.717) is 0 Å². The van der Waals surface area contributed by atoms with Crippen molar-refractivity contribution in [1.82, 2.24) is 0 Å². The summed E-state index contributed by atoms with van der Waals surface area (Å²) >= 11 is 0. The van der Waals surface area contributed by atoms with Gasteiger partial charge in [-0.15, -0.1) is 0 Å². The van der Waals surface area contributed by atoms with E-state index in [9.17, 15) is 0 Å². The molecular weight excluding hydrogens is 210 g/mol. The minimum Gasteiger partial charge on any atom is -0.372 e. The quantitative estimate of drug-likeness (QED) is 0.734. The Hall–Kier alpha value is -0.860. The van der Waals surface area contributed by atoms with E-state index in [1.165, 1.54) is 12.0 Å². The number of ether oxygens (including phenoxy) is 1. The first-order chi connectivity index (χ1) is 8.11. The molecule has 0 aliphatic heterocycles. The van der Waals surface area contributed by atoms with E-state index in [2.05, 4.69) is 26.0 Å². The fourth-order valence-electron chi connectivity index (χ4n) is 1.90. The Morgan fingerprint density at radius 2 is 1.76 bits per heavy atom. The predicted molar refractivity (Wildman–Crippen MR) is 72.9 cm³/mol. The summed E-state index contributed by atoms with van der Waals surface area (Å²) in [5.74, 6) is 0.740. The Morgan fingerprint density at radius 1 is 1.12 bits per heavy atom. The standard InChI is InChI=1S/C15H25NO/c1-12(2)8-7-11-17-15(13(3)16)14-9-5-4-6-10-14/h4-6,9-10,12-13,15H,7-8,11,16H2,1-3H3. The smallest absolute Gasteiger partial charge is 0.0972 e. The lowest BCUT2D eigenvalue weighted by atomic mass is 10.0. The van der Waals surface area contributed by atoms with Gasteiger partial charge in [-0.3, -0.25) is 0 Å². The first-order valence-electron chi connectivity index (χ1n) is 6.53. The van der Waals surface area contributed by atoms with E-state index in [0.717, 1.165) is 18.9 Å². The number of hydrogen-bond acceptors (Lipinski definition) is 2. The minimum absolute atomic E-state index is 0.0170. The third-order valence-corrected chi connectivity index (χ3v) is 2.83. The van der Waals surface area contributed by atoms with E-state index < -0.39 is 0 Å². The van der Waals surface area contributed by atoms with Crippen LogP contribution < -0.4 is 5.73 Å². The molecule has 0 spiro atoms. The van der Waals surface area contributed by atoms with Crippen LogP contribution in [0.25, 0.3) is 0 Å². The second-order valence-corrected chi connectivity index (χ2v) is 5.10. The topological polar surface area (TPSA) is 35.2 Å². The van der Waals surface area contributed by atoms with E-state index in [4.69, 9.17) is 10.5 Å². The summed E-state index contributed by atoms with van der Waals surface area (Å²) in [5, 5.41) is 0. The van der Waals surface area contributed by atoms with Crippen molar-refractivity contribution in [3.05, 3.63) is 35.9 Å². The summed E-state index contributed by atoms with van der Waals surface area (Å²) in [6, 6.07) is 10.3. The van der Waals surface area contributed by atoms with Crippen LogP contribution in [0.15, 0.2) is 30.3 Å². The van der Waals surface area contributed by atoms with Gasteiger partial charge < -0.3 is 10.5 Å². The molecule has 2 atom stereocenters. The molecule has 1 aromatic carbocycles. The van der Waals surface area contributed by atoms with E-state index in [1.807, 2.05) is 25.1 Å². The molecule has 0 saturated carbocycles. The molecule has 17 heavy (non-hydrogen) atoms. The molecule has 0 fully saturated rings. The molecule has 0 heterocycles. The van der Waals surface area contributed by atoms with Crippen molar-refractivity contribution >= 4 is 0 Å². The van der Waals surface area contributed by atoms with Crippen molar-refractivity contribution in [3.8, 4) is 0 Å². The van der Waals surface area contributed by atoms with Crippen LogP contribution in [0.1, 0.15) is 45.3 Å². The van der Waals surface area contributed by atoms with Crippen LogP contribution >= 0.6 is 0 Å². The lowest BCUT2D eigenvalue weighted by Gasteiger charge is -2.22. The lowest BCUT2D eigenvalue weighted by molar-refractivity contribution is 0.0348. The van der Waals surface area contributed by atoms with Gasteiger partial charge in [0, 0.05) is 12.6 Å². The Kier molecular flexibility index (Phi) is 6.23. The van der Waals surface area contributed by atoms with Crippen LogP contribution in [0.5, 0.6) is 0 Å². The van der Waals surface area contributed by atoms with Gasteiger partial charge in [-0.05, 0) is 31.2 Å². The molecule has 96 valence electrons. The van der Waals surface area contributed by atoms with Gasteiger partial charge in [0.05, 0.1) is 6.10 Å². The zero-order valence-corrected chi connectivity index (χ0v) is 11.2. The monoisotopic (exact) mass is 235 g/mol. The van der Waals surface area contributed by atoms with Gasteiger partial charge in [0.1, 0.15) is 0 Å². The zero-order valence-electron chi connectivity index (χ0n) is 11.2. The molecule has 2 N–H and O–H groups in total. The average molecular weight is 235 g/mol. The van der Waals surface area contributed by atoms with Crippen LogP contribution in [-0.2, 0) is 4.74 Å². The molecule has 1 aromatic rings. The Bertz CT molecular complexity index is 295. The maximum absolute atomic E-state index is 5.99. The summed E-state index contributed by atoms with van der Waals surface area (Å²) in [6.45, 7) is 7.26. The molecule has 2 heteroatoms.